The van der Waals surface area contributed by atoms with E-state index in [0.717, 1.165) is 59.4 Å². The van der Waals surface area contributed by atoms with Crippen LogP contribution in [0, 0.1) is 0 Å². The van der Waals surface area contributed by atoms with Gasteiger partial charge in [0.15, 0.2) is 6.29 Å². The Bertz CT molecular complexity index is 1350. The number of hydrogen-bond acceptors (Lipinski definition) is 6. The summed E-state index contributed by atoms with van der Waals surface area (Å²) < 4.78 is 13.2. The number of hydrogen-bond donors (Lipinski definition) is 3. The molecule has 1 amide bonds. The first-order chi connectivity index (χ1) is 21.0. The van der Waals surface area contributed by atoms with Gasteiger partial charge < -0.3 is 29.9 Å². The van der Waals surface area contributed by atoms with Gasteiger partial charge in [-0.05, 0) is 72.3 Å². The van der Waals surface area contributed by atoms with Crippen molar-refractivity contribution in [3.63, 3.8) is 0 Å². The Morgan fingerprint density at radius 2 is 1.58 bits per heavy atom. The van der Waals surface area contributed by atoms with Crippen molar-refractivity contribution in [2.24, 2.45) is 0 Å². The quantitative estimate of drug-likeness (QED) is 0.248. The highest BCUT2D eigenvalue weighted by Gasteiger charge is 2.33. The number of benzene rings is 3. The molecule has 0 spiro atoms. The van der Waals surface area contributed by atoms with Gasteiger partial charge in [-0.1, -0.05) is 67.1 Å². The molecule has 43 heavy (non-hydrogen) atoms. The summed E-state index contributed by atoms with van der Waals surface area (Å²) in [7, 11) is 0. The van der Waals surface area contributed by atoms with E-state index in [1.54, 1.807) is 0 Å². The Kier molecular flexibility index (Phi) is 11.0. The molecule has 3 N–H and O–H groups in total. The molecule has 228 valence electrons. The molecule has 0 saturated carbocycles. The SMILES string of the molecule is O=C(O)CCCC(=O)NCc1cccc(-c2cccc([C@H]3O[C@@H](CN4CCCCC4)C[C@@H](c4ccc(CO)cc4)O3)c2)c1. The minimum Gasteiger partial charge on any atom is -0.481 e. The van der Waals surface area contributed by atoms with E-state index in [2.05, 4.69) is 28.4 Å². The average Bonchev–Trinajstić information content (AvgIpc) is 3.04. The fourth-order valence-corrected chi connectivity index (χ4v) is 5.88. The predicted molar refractivity (Wildman–Crippen MR) is 164 cm³/mol. The van der Waals surface area contributed by atoms with E-state index in [4.69, 9.17) is 14.6 Å². The summed E-state index contributed by atoms with van der Waals surface area (Å²) in [5.74, 6) is -1.04. The van der Waals surface area contributed by atoms with Gasteiger partial charge in [0.05, 0.1) is 18.8 Å². The molecule has 2 fully saturated rings. The van der Waals surface area contributed by atoms with Crippen LogP contribution in [0.15, 0.2) is 72.8 Å². The molecule has 2 aliphatic rings. The molecule has 0 bridgehead atoms. The van der Waals surface area contributed by atoms with E-state index < -0.39 is 12.3 Å². The zero-order valence-corrected chi connectivity index (χ0v) is 24.6. The van der Waals surface area contributed by atoms with Gasteiger partial charge >= 0.3 is 5.97 Å². The van der Waals surface area contributed by atoms with Crippen molar-refractivity contribution in [3.8, 4) is 11.1 Å². The molecule has 0 aromatic heterocycles. The molecule has 0 radical (unpaired) electrons. The molecule has 8 nitrogen and oxygen atoms in total. The van der Waals surface area contributed by atoms with Crippen LogP contribution in [0.4, 0.5) is 0 Å². The summed E-state index contributed by atoms with van der Waals surface area (Å²) in [5.41, 5.74) is 5.94. The predicted octanol–water partition coefficient (Wildman–Crippen LogP) is 5.75. The third kappa shape index (κ3) is 8.97. The van der Waals surface area contributed by atoms with Gasteiger partial charge in [0.2, 0.25) is 5.91 Å². The number of carbonyl (C=O) groups is 2. The standard InChI is InChI=1S/C35H42N2O6/c38-24-25-13-15-27(16-14-25)32-21-31(23-37-17-2-1-3-18-37)42-35(43-32)30-10-5-9-29(20-30)28-8-4-7-26(19-28)22-36-33(39)11-6-12-34(40)41/h4-5,7-10,13-16,19-20,31-32,35,38H,1-3,6,11-12,17-18,21-24H2,(H,36,39)(H,40,41)/t31-,32+,35+/m1/s1. The van der Waals surface area contributed by atoms with Crippen molar-refractivity contribution in [1.82, 2.24) is 10.2 Å². The van der Waals surface area contributed by atoms with Crippen molar-refractivity contribution in [3.05, 3.63) is 95.1 Å². The number of nitrogens with one attached hydrogen (secondary N) is 1. The smallest absolute Gasteiger partial charge is 0.303 e. The number of likely N-dealkylation sites (tertiary alicyclic amines) is 1. The van der Waals surface area contributed by atoms with E-state index in [0.29, 0.717) is 13.0 Å². The Balaban J connectivity index is 1.30. The van der Waals surface area contributed by atoms with Crippen LogP contribution in [-0.2, 0) is 32.2 Å². The third-order valence-corrected chi connectivity index (χ3v) is 8.23. The molecule has 2 aliphatic heterocycles. The van der Waals surface area contributed by atoms with E-state index in [-0.39, 0.29) is 37.6 Å². The topological polar surface area (TPSA) is 108 Å². The normalized spacial score (nSPS) is 20.9. The summed E-state index contributed by atoms with van der Waals surface area (Å²) in [6.07, 6.45) is 4.44. The molecule has 5 rings (SSSR count). The average molecular weight is 587 g/mol. The van der Waals surface area contributed by atoms with Crippen LogP contribution >= 0.6 is 0 Å². The van der Waals surface area contributed by atoms with Crippen LogP contribution in [0.3, 0.4) is 0 Å². The Labute approximate surface area is 253 Å². The number of rotatable bonds is 12. The minimum absolute atomic E-state index is 0.0105. The zero-order chi connectivity index (χ0) is 30.0. The third-order valence-electron chi connectivity index (χ3n) is 8.23. The first-order valence-corrected chi connectivity index (χ1v) is 15.4. The fraction of sp³-hybridized carbons (Fsp3) is 0.429. The highest BCUT2D eigenvalue weighted by molar-refractivity contribution is 5.76. The maximum absolute atomic E-state index is 12.1. The van der Waals surface area contributed by atoms with Gasteiger partial charge in [0.25, 0.3) is 0 Å². The molecule has 3 aromatic carbocycles. The van der Waals surface area contributed by atoms with E-state index >= 15 is 0 Å². The molecule has 8 heteroatoms. The van der Waals surface area contributed by atoms with Crippen LogP contribution in [0.2, 0.25) is 0 Å². The largest absolute Gasteiger partial charge is 0.481 e. The first-order valence-electron chi connectivity index (χ1n) is 15.4. The number of carbonyl (C=O) groups excluding carboxylic acids is 1. The van der Waals surface area contributed by atoms with Gasteiger partial charge in [-0.15, -0.1) is 0 Å². The number of ether oxygens (including phenoxy) is 2. The van der Waals surface area contributed by atoms with Gasteiger partial charge in [0, 0.05) is 37.9 Å². The van der Waals surface area contributed by atoms with Crippen molar-refractivity contribution >= 4 is 11.9 Å². The highest BCUT2D eigenvalue weighted by atomic mass is 16.7. The monoisotopic (exact) mass is 586 g/mol. The zero-order valence-electron chi connectivity index (χ0n) is 24.6. The second-order valence-corrected chi connectivity index (χ2v) is 11.6. The molecule has 0 aliphatic carbocycles. The number of aliphatic hydroxyl groups is 1. The van der Waals surface area contributed by atoms with Crippen LogP contribution in [0.1, 0.15) is 79.6 Å². The second kappa shape index (κ2) is 15.3. The van der Waals surface area contributed by atoms with Crippen LogP contribution in [0.5, 0.6) is 0 Å². The number of amides is 1. The molecular weight excluding hydrogens is 544 g/mol. The second-order valence-electron chi connectivity index (χ2n) is 11.6. The molecule has 0 unspecified atom stereocenters. The van der Waals surface area contributed by atoms with Gasteiger partial charge in [-0.2, -0.15) is 0 Å². The maximum Gasteiger partial charge on any atom is 0.303 e. The lowest BCUT2D eigenvalue weighted by molar-refractivity contribution is -0.253. The Hall–Kier alpha value is -3.56. The molecule has 2 heterocycles. The lowest BCUT2D eigenvalue weighted by atomic mass is 9.98. The lowest BCUT2D eigenvalue weighted by Gasteiger charge is -2.39. The van der Waals surface area contributed by atoms with Crippen molar-refractivity contribution < 1.29 is 29.3 Å². The molecular formula is C35H42N2O6. The van der Waals surface area contributed by atoms with Crippen LogP contribution in [0.25, 0.3) is 11.1 Å². The minimum atomic E-state index is -0.892. The lowest BCUT2D eigenvalue weighted by Crippen LogP contribution is -2.41. The summed E-state index contributed by atoms with van der Waals surface area (Å²) in [6.45, 7) is 3.49. The fourth-order valence-electron chi connectivity index (χ4n) is 5.88. The van der Waals surface area contributed by atoms with E-state index in [1.165, 1.54) is 19.3 Å². The molecule has 2 saturated heterocycles. The Morgan fingerprint density at radius 3 is 2.33 bits per heavy atom. The van der Waals surface area contributed by atoms with Crippen LogP contribution in [-0.4, -0.2) is 52.7 Å². The number of nitrogens with zero attached hydrogens (tertiary/aromatic N) is 1. The highest BCUT2D eigenvalue weighted by Crippen LogP contribution is 2.39. The number of carboxylic acids is 1. The number of piperidine rings is 1. The van der Waals surface area contributed by atoms with Crippen molar-refractivity contribution in [2.75, 3.05) is 19.6 Å². The number of aliphatic hydroxyl groups excluding tert-OH is 1. The molecule has 3 aromatic rings. The summed E-state index contributed by atoms with van der Waals surface area (Å²) in [6, 6.07) is 24.3. The van der Waals surface area contributed by atoms with E-state index in [9.17, 15) is 14.7 Å². The number of carboxylic acid groups (broad SMARTS) is 1. The molecule has 3 atom stereocenters. The Morgan fingerprint density at radius 1 is 0.837 bits per heavy atom. The summed E-state index contributed by atoms with van der Waals surface area (Å²) in [5, 5.41) is 21.2. The van der Waals surface area contributed by atoms with Gasteiger partial charge in [-0.25, -0.2) is 0 Å². The van der Waals surface area contributed by atoms with E-state index in [1.807, 2.05) is 54.6 Å². The van der Waals surface area contributed by atoms with Crippen LogP contribution < -0.4 is 5.32 Å². The summed E-state index contributed by atoms with van der Waals surface area (Å²) >= 11 is 0. The van der Waals surface area contributed by atoms with Gasteiger partial charge in [0.1, 0.15) is 0 Å². The maximum atomic E-state index is 12.1. The van der Waals surface area contributed by atoms with Crippen molar-refractivity contribution in [2.45, 2.75) is 76.6 Å². The van der Waals surface area contributed by atoms with Gasteiger partial charge in [-0.3, -0.25) is 9.59 Å². The summed E-state index contributed by atoms with van der Waals surface area (Å²) in [4.78, 5) is 25.3. The first kappa shape index (κ1) is 30.9. The number of aliphatic carboxylic acids is 1. The van der Waals surface area contributed by atoms with Crippen molar-refractivity contribution in [1.29, 1.82) is 0 Å².